The van der Waals surface area contributed by atoms with Crippen LogP contribution in [0.2, 0.25) is 0 Å². The number of esters is 1. The first-order chi connectivity index (χ1) is 14.2. The lowest BCUT2D eigenvalue weighted by molar-refractivity contribution is -0.140. The lowest BCUT2D eigenvalue weighted by atomic mass is 9.78. The molecule has 1 aliphatic heterocycles. The van der Waals surface area contributed by atoms with Gasteiger partial charge in [0, 0.05) is 23.5 Å². The van der Waals surface area contributed by atoms with Gasteiger partial charge in [-0.1, -0.05) is 44.0 Å². The summed E-state index contributed by atoms with van der Waals surface area (Å²) in [6.45, 7) is 2.71. The molecular weight excluding hydrogens is 384 g/mol. The van der Waals surface area contributed by atoms with Crippen LogP contribution in [0.5, 0.6) is 0 Å². The second kappa shape index (κ2) is 9.08. The highest BCUT2D eigenvalue weighted by Gasteiger charge is 2.35. The Morgan fingerprint density at radius 3 is 2.69 bits per heavy atom. The number of nitrogens with zero attached hydrogens (tertiary/aromatic N) is 2. The fraction of sp³-hybridized carbons (Fsp3) is 0.522. The van der Waals surface area contributed by atoms with Gasteiger partial charge in [-0.2, -0.15) is 0 Å². The van der Waals surface area contributed by atoms with Gasteiger partial charge >= 0.3 is 5.97 Å². The van der Waals surface area contributed by atoms with Crippen molar-refractivity contribution in [1.29, 1.82) is 0 Å². The highest BCUT2D eigenvalue weighted by molar-refractivity contribution is 7.13. The van der Waals surface area contributed by atoms with E-state index in [4.69, 9.17) is 4.74 Å². The van der Waals surface area contributed by atoms with E-state index in [0.717, 1.165) is 36.4 Å². The molecular formula is C23H28N2O3S. The number of piperidine rings is 1. The minimum atomic E-state index is -0.525. The molecule has 0 spiro atoms. The Morgan fingerprint density at radius 1 is 1.14 bits per heavy atom. The SMILES string of the molecule is CCc1ccc(-c2nc(C(=O)OCC(=O)N3CCC[C@@H]4CCCC[C@@H]43)cs2)cc1. The van der Waals surface area contributed by atoms with Crippen molar-refractivity contribution in [3.05, 3.63) is 40.9 Å². The van der Waals surface area contributed by atoms with Crippen LogP contribution in [0.3, 0.4) is 0 Å². The summed E-state index contributed by atoms with van der Waals surface area (Å²) >= 11 is 1.41. The van der Waals surface area contributed by atoms with E-state index in [2.05, 4.69) is 24.0 Å². The number of aryl methyl sites for hydroxylation is 1. The number of carbonyl (C=O) groups excluding carboxylic acids is 2. The van der Waals surface area contributed by atoms with Gasteiger partial charge in [0.15, 0.2) is 12.3 Å². The zero-order valence-electron chi connectivity index (χ0n) is 16.9. The summed E-state index contributed by atoms with van der Waals surface area (Å²) in [6.07, 6.45) is 8.01. The summed E-state index contributed by atoms with van der Waals surface area (Å²) in [7, 11) is 0. The average Bonchev–Trinajstić information content (AvgIpc) is 3.27. The average molecular weight is 413 g/mol. The van der Waals surface area contributed by atoms with Crippen molar-refractivity contribution in [2.75, 3.05) is 13.2 Å². The quantitative estimate of drug-likeness (QED) is 0.667. The molecule has 0 radical (unpaired) electrons. The maximum Gasteiger partial charge on any atom is 0.358 e. The van der Waals surface area contributed by atoms with Gasteiger partial charge in [-0.15, -0.1) is 11.3 Å². The predicted octanol–water partition coefficient (Wildman–Crippen LogP) is 4.71. The van der Waals surface area contributed by atoms with Crippen LogP contribution in [0.1, 0.15) is 61.5 Å². The summed E-state index contributed by atoms with van der Waals surface area (Å²) in [6, 6.07) is 8.52. The molecule has 0 unspecified atom stereocenters. The van der Waals surface area contributed by atoms with E-state index >= 15 is 0 Å². The number of thiazole rings is 1. The fourth-order valence-electron chi connectivity index (χ4n) is 4.60. The van der Waals surface area contributed by atoms with Crippen LogP contribution < -0.4 is 0 Å². The number of amides is 1. The molecule has 6 heteroatoms. The Morgan fingerprint density at radius 2 is 1.90 bits per heavy atom. The lowest BCUT2D eigenvalue weighted by Crippen LogP contribution is -2.50. The van der Waals surface area contributed by atoms with Crippen molar-refractivity contribution in [3.8, 4) is 10.6 Å². The predicted molar refractivity (Wildman–Crippen MR) is 114 cm³/mol. The Bertz CT molecular complexity index is 859. The zero-order valence-corrected chi connectivity index (χ0v) is 17.7. The molecule has 154 valence electrons. The number of fused-ring (bicyclic) bond motifs is 1. The molecule has 1 amide bonds. The first-order valence-electron chi connectivity index (χ1n) is 10.7. The van der Waals surface area contributed by atoms with E-state index in [1.54, 1.807) is 5.38 Å². The van der Waals surface area contributed by atoms with E-state index in [1.807, 2.05) is 17.0 Å². The molecule has 2 heterocycles. The third kappa shape index (κ3) is 4.53. The summed E-state index contributed by atoms with van der Waals surface area (Å²) < 4.78 is 5.32. The van der Waals surface area contributed by atoms with Gasteiger partial charge in [0.25, 0.3) is 5.91 Å². The number of ether oxygens (including phenoxy) is 1. The van der Waals surface area contributed by atoms with E-state index in [1.165, 1.54) is 42.6 Å². The van der Waals surface area contributed by atoms with Crippen LogP contribution >= 0.6 is 11.3 Å². The minimum Gasteiger partial charge on any atom is -0.451 e. The molecule has 0 bridgehead atoms. The first kappa shape index (κ1) is 20.1. The van der Waals surface area contributed by atoms with Crippen LogP contribution in [0.4, 0.5) is 0 Å². The third-order valence-electron chi connectivity index (χ3n) is 6.21. The molecule has 2 fully saturated rings. The summed E-state index contributed by atoms with van der Waals surface area (Å²) in [5.41, 5.74) is 2.52. The number of benzene rings is 1. The molecule has 2 atom stereocenters. The number of carbonyl (C=O) groups is 2. The Labute approximate surface area is 176 Å². The van der Waals surface area contributed by atoms with E-state index in [0.29, 0.717) is 12.0 Å². The maximum atomic E-state index is 12.7. The molecule has 5 nitrogen and oxygen atoms in total. The van der Waals surface area contributed by atoms with Crippen LogP contribution in [-0.2, 0) is 16.0 Å². The third-order valence-corrected chi connectivity index (χ3v) is 7.10. The zero-order chi connectivity index (χ0) is 20.2. The van der Waals surface area contributed by atoms with Gasteiger partial charge in [0.2, 0.25) is 0 Å². The second-order valence-electron chi connectivity index (χ2n) is 8.01. The smallest absolute Gasteiger partial charge is 0.358 e. The maximum absolute atomic E-state index is 12.7. The molecule has 1 aromatic heterocycles. The summed E-state index contributed by atoms with van der Waals surface area (Å²) in [5, 5.41) is 2.49. The lowest BCUT2D eigenvalue weighted by Gasteiger charge is -2.44. The molecule has 1 saturated heterocycles. The molecule has 29 heavy (non-hydrogen) atoms. The highest BCUT2D eigenvalue weighted by atomic mass is 32.1. The minimum absolute atomic E-state index is 0.0689. The van der Waals surface area contributed by atoms with Crippen molar-refractivity contribution in [3.63, 3.8) is 0 Å². The summed E-state index contributed by atoms with van der Waals surface area (Å²) in [4.78, 5) is 31.5. The monoisotopic (exact) mass is 412 g/mol. The summed E-state index contributed by atoms with van der Waals surface area (Å²) in [5.74, 6) is 0.0288. The van der Waals surface area contributed by atoms with Crippen molar-refractivity contribution >= 4 is 23.2 Å². The number of hydrogen-bond donors (Lipinski definition) is 0. The van der Waals surface area contributed by atoms with Crippen LogP contribution in [0.15, 0.2) is 29.6 Å². The molecule has 2 aliphatic rings. The van der Waals surface area contributed by atoms with Crippen LogP contribution in [0, 0.1) is 5.92 Å². The number of aromatic nitrogens is 1. The molecule has 2 aromatic rings. The van der Waals surface area contributed by atoms with E-state index in [9.17, 15) is 9.59 Å². The van der Waals surface area contributed by atoms with Crippen molar-refractivity contribution in [2.24, 2.45) is 5.92 Å². The fourth-order valence-corrected chi connectivity index (χ4v) is 5.40. The van der Waals surface area contributed by atoms with Gasteiger partial charge in [0.1, 0.15) is 5.01 Å². The van der Waals surface area contributed by atoms with Crippen molar-refractivity contribution in [2.45, 2.75) is 57.9 Å². The van der Waals surface area contributed by atoms with Gasteiger partial charge in [-0.25, -0.2) is 9.78 Å². The molecule has 0 N–H and O–H groups in total. The molecule has 1 aromatic carbocycles. The topological polar surface area (TPSA) is 59.5 Å². The Kier molecular flexibility index (Phi) is 6.28. The molecule has 4 rings (SSSR count). The van der Waals surface area contributed by atoms with Gasteiger partial charge in [-0.05, 0) is 43.6 Å². The van der Waals surface area contributed by atoms with Crippen LogP contribution in [0.25, 0.3) is 10.6 Å². The van der Waals surface area contributed by atoms with E-state index < -0.39 is 5.97 Å². The van der Waals surface area contributed by atoms with Gasteiger partial charge in [0.05, 0.1) is 0 Å². The normalized spacial score (nSPS) is 21.5. The number of likely N-dealkylation sites (tertiary alicyclic amines) is 1. The van der Waals surface area contributed by atoms with Crippen molar-refractivity contribution < 1.29 is 14.3 Å². The highest BCUT2D eigenvalue weighted by Crippen LogP contribution is 2.35. The van der Waals surface area contributed by atoms with Crippen LogP contribution in [-0.4, -0.2) is 41.0 Å². The Hall–Kier alpha value is -2.21. The Balaban J connectivity index is 1.34. The van der Waals surface area contributed by atoms with E-state index in [-0.39, 0.29) is 18.2 Å². The number of rotatable bonds is 5. The molecule has 1 aliphatic carbocycles. The number of hydrogen-bond acceptors (Lipinski definition) is 5. The molecule has 1 saturated carbocycles. The van der Waals surface area contributed by atoms with Gasteiger partial charge < -0.3 is 9.64 Å². The largest absolute Gasteiger partial charge is 0.451 e. The second-order valence-corrected chi connectivity index (χ2v) is 8.86. The first-order valence-corrected chi connectivity index (χ1v) is 11.5. The van der Waals surface area contributed by atoms with Crippen molar-refractivity contribution in [1.82, 2.24) is 9.88 Å². The standard InChI is InChI=1S/C23H28N2O3S/c1-2-16-9-11-18(12-10-16)22-24-19(15-29-22)23(27)28-14-21(26)25-13-5-7-17-6-3-4-8-20(17)25/h9-12,15,17,20H,2-8,13-14H2,1H3/t17-,20-/m0/s1. The van der Waals surface area contributed by atoms with Gasteiger partial charge in [-0.3, -0.25) is 4.79 Å².